The molecular formula is C12H15N5. The van der Waals surface area contributed by atoms with E-state index in [1.54, 1.807) is 0 Å². The normalized spacial score (nSPS) is 16.9. The number of hydrogen-bond acceptors (Lipinski definition) is 4. The molecule has 1 aromatic carbocycles. The number of rotatable bonds is 5. The highest BCUT2D eigenvalue weighted by molar-refractivity contribution is 5.21. The van der Waals surface area contributed by atoms with Gasteiger partial charge >= 0.3 is 0 Å². The predicted molar refractivity (Wildman–Crippen MR) is 62.9 cm³/mol. The van der Waals surface area contributed by atoms with Crippen LogP contribution in [0.15, 0.2) is 30.3 Å². The van der Waals surface area contributed by atoms with Crippen LogP contribution in [-0.2, 0) is 6.54 Å². The lowest BCUT2D eigenvalue weighted by Crippen LogP contribution is -2.23. The number of H-pyrrole nitrogens is 1. The van der Waals surface area contributed by atoms with Crippen LogP contribution in [0.1, 0.15) is 30.3 Å². The van der Waals surface area contributed by atoms with Gasteiger partial charge in [-0.05, 0) is 24.3 Å². The van der Waals surface area contributed by atoms with E-state index < -0.39 is 0 Å². The number of aromatic nitrogens is 4. The largest absolute Gasteiger partial charge is 0.303 e. The van der Waals surface area contributed by atoms with Gasteiger partial charge in [-0.25, -0.2) is 0 Å². The molecule has 5 heteroatoms. The Balaban J connectivity index is 1.68. The highest BCUT2D eigenvalue weighted by atomic mass is 15.5. The molecule has 0 bridgehead atoms. The molecule has 1 aromatic heterocycles. The summed E-state index contributed by atoms with van der Waals surface area (Å²) in [5, 5.41) is 17.4. The molecule has 3 rings (SSSR count). The molecule has 5 nitrogen and oxygen atoms in total. The van der Waals surface area contributed by atoms with Crippen molar-refractivity contribution in [1.82, 2.24) is 25.9 Å². The van der Waals surface area contributed by atoms with Crippen LogP contribution >= 0.6 is 0 Å². The molecule has 1 unspecified atom stereocenters. The Kier molecular flexibility index (Phi) is 2.83. The molecule has 17 heavy (non-hydrogen) atoms. The van der Waals surface area contributed by atoms with Crippen LogP contribution in [0.5, 0.6) is 0 Å². The zero-order valence-corrected chi connectivity index (χ0v) is 9.50. The van der Waals surface area contributed by atoms with E-state index in [9.17, 15) is 0 Å². The molecule has 0 amide bonds. The minimum atomic E-state index is 0.412. The van der Waals surface area contributed by atoms with Gasteiger partial charge in [0, 0.05) is 6.04 Å². The number of benzene rings is 1. The zero-order chi connectivity index (χ0) is 11.5. The molecule has 2 aromatic rings. The summed E-state index contributed by atoms with van der Waals surface area (Å²) >= 11 is 0. The smallest absolute Gasteiger partial charge is 0.188 e. The van der Waals surface area contributed by atoms with E-state index in [4.69, 9.17) is 0 Å². The summed E-state index contributed by atoms with van der Waals surface area (Å²) in [6, 6.07) is 11.0. The Morgan fingerprint density at radius 2 is 2.12 bits per heavy atom. The van der Waals surface area contributed by atoms with Crippen molar-refractivity contribution in [2.45, 2.75) is 25.4 Å². The van der Waals surface area contributed by atoms with E-state index in [1.165, 1.54) is 18.4 Å². The van der Waals surface area contributed by atoms with Crippen molar-refractivity contribution in [3.8, 4) is 0 Å². The molecule has 0 aliphatic heterocycles. The zero-order valence-electron chi connectivity index (χ0n) is 9.50. The van der Waals surface area contributed by atoms with Crippen LogP contribution in [0, 0.1) is 5.92 Å². The summed E-state index contributed by atoms with van der Waals surface area (Å²) in [6.45, 7) is 0.659. The molecule has 1 heterocycles. The number of aromatic amines is 1. The van der Waals surface area contributed by atoms with Crippen molar-refractivity contribution < 1.29 is 0 Å². The molecule has 0 saturated heterocycles. The number of nitrogens with one attached hydrogen (secondary N) is 2. The van der Waals surface area contributed by atoms with Crippen LogP contribution in [0.4, 0.5) is 0 Å². The Morgan fingerprint density at radius 1 is 1.29 bits per heavy atom. The lowest BCUT2D eigenvalue weighted by atomic mass is 10.0. The second-order valence-corrected chi connectivity index (χ2v) is 4.43. The maximum Gasteiger partial charge on any atom is 0.188 e. The highest BCUT2D eigenvalue weighted by Gasteiger charge is 2.31. The number of nitrogens with zero attached hydrogens (tertiary/aromatic N) is 3. The molecule has 1 atom stereocenters. The fourth-order valence-electron chi connectivity index (χ4n) is 2.11. The van der Waals surface area contributed by atoms with Gasteiger partial charge in [-0.2, -0.15) is 5.21 Å². The molecule has 1 fully saturated rings. The SMILES string of the molecule is c1ccc(C(NCc2nn[nH]n2)C2CC2)cc1. The Morgan fingerprint density at radius 3 is 2.76 bits per heavy atom. The molecule has 2 N–H and O–H groups in total. The molecule has 1 aliphatic rings. The van der Waals surface area contributed by atoms with Crippen molar-refractivity contribution >= 4 is 0 Å². The Hall–Kier alpha value is -1.75. The summed E-state index contributed by atoms with van der Waals surface area (Å²) in [5.74, 6) is 1.47. The maximum atomic E-state index is 3.95. The van der Waals surface area contributed by atoms with Crippen molar-refractivity contribution in [2.24, 2.45) is 5.92 Å². The van der Waals surface area contributed by atoms with Crippen LogP contribution < -0.4 is 5.32 Å². The third kappa shape index (κ3) is 2.50. The topological polar surface area (TPSA) is 66.5 Å². The second kappa shape index (κ2) is 4.63. The van der Waals surface area contributed by atoms with Gasteiger partial charge < -0.3 is 5.32 Å². The molecule has 88 valence electrons. The van der Waals surface area contributed by atoms with Crippen molar-refractivity contribution in [3.05, 3.63) is 41.7 Å². The van der Waals surface area contributed by atoms with Crippen molar-refractivity contribution in [2.75, 3.05) is 0 Å². The summed E-state index contributed by atoms with van der Waals surface area (Å²) in [7, 11) is 0. The standard InChI is InChI=1S/C12H15N5/c1-2-4-9(5-3-1)12(10-6-7-10)13-8-11-14-16-17-15-11/h1-5,10,12-13H,6-8H2,(H,14,15,16,17). The fraction of sp³-hybridized carbons (Fsp3) is 0.417. The van der Waals surface area contributed by atoms with Crippen molar-refractivity contribution in [3.63, 3.8) is 0 Å². The number of tetrazole rings is 1. The fourth-order valence-corrected chi connectivity index (χ4v) is 2.11. The average molecular weight is 229 g/mol. The summed E-state index contributed by atoms with van der Waals surface area (Å²) in [4.78, 5) is 0. The van der Waals surface area contributed by atoms with Gasteiger partial charge in [-0.3, -0.25) is 0 Å². The Bertz CT molecular complexity index is 449. The highest BCUT2D eigenvalue weighted by Crippen LogP contribution is 2.40. The summed E-state index contributed by atoms with van der Waals surface area (Å²) < 4.78 is 0. The van der Waals surface area contributed by atoms with Crippen LogP contribution in [0.25, 0.3) is 0 Å². The van der Waals surface area contributed by atoms with Gasteiger partial charge in [-0.1, -0.05) is 35.5 Å². The first-order valence-electron chi connectivity index (χ1n) is 5.94. The van der Waals surface area contributed by atoms with E-state index in [0.29, 0.717) is 18.4 Å². The third-order valence-electron chi connectivity index (χ3n) is 3.12. The quantitative estimate of drug-likeness (QED) is 0.814. The molecule has 1 saturated carbocycles. The summed E-state index contributed by atoms with van der Waals surface area (Å²) in [5.41, 5.74) is 1.35. The maximum absolute atomic E-state index is 3.95. The van der Waals surface area contributed by atoms with Crippen LogP contribution in [0.2, 0.25) is 0 Å². The third-order valence-corrected chi connectivity index (χ3v) is 3.12. The van der Waals surface area contributed by atoms with Gasteiger partial charge in [0.1, 0.15) is 0 Å². The van der Waals surface area contributed by atoms with Gasteiger partial charge in [0.25, 0.3) is 0 Å². The van der Waals surface area contributed by atoms with E-state index in [0.717, 1.165) is 5.92 Å². The molecular weight excluding hydrogens is 214 g/mol. The van der Waals surface area contributed by atoms with Crippen LogP contribution in [-0.4, -0.2) is 20.6 Å². The van der Waals surface area contributed by atoms with E-state index in [1.807, 2.05) is 6.07 Å². The first-order valence-corrected chi connectivity index (χ1v) is 5.94. The van der Waals surface area contributed by atoms with Gasteiger partial charge in [-0.15, -0.1) is 10.2 Å². The lowest BCUT2D eigenvalue weighted by molar-refractivity contribution is 0.472. The van der Waals surface area contributed by atoms with E-state index in [2.05, 4.69) is 50.2 Å². The molecule has 0 radical (unpaired) electrons. The lowest BCUT2D eigenvalue weighted by Gasteiger charge is -2.17. The van der Waals surface area contributed by atoms with Gasteiger partial charge in [0.05, 0.1) is 6.54 Å². The molecule has 1 aliphatic carbocycles. The molecule has 0 spiro atoms. The van der Waals surface area contributed by atoms with Crippen molar-refractivity contribution in [1.29, 1.82) is 0 Å². The van der Waals surface area contributed by atoms with E-state index >= 15 is 0 Å². The first-order chi connectivity index (χ1) is 8.43. The summed E-state index contributed by atoms with van der Waals surface area (Å²) in [6.07, 6.45) is 2.61. The predicted octanol–water partition coefficient (Wildman–Crippen LogP) is 1.44. The van der Waals surface area contributed by atoms with Gasteiger partial charge in [0.15, 0.2) is 5.82 Å². The average Bonchev–Trinajstić information content (AvgIpc) is 3.07. The second-order valence-electron chi connectivity index (χ2n) is 4.43. The minimum absolute atomic E-state index is 0.412. The number of hydrogen-bond donors (Lipinski definition) is 2. The van der Waals surface area contributed by atoms with Gasteiger partial charge in [0.2, 0.25) is 0 Å². The Labute approximate surface area is 99.6 Å². The van der Waals surface area contributed by atoms with Crippen LogP contribution in [0.3, 0.4) is 0 Å². The first kappa shape index (κ1) is 10.4. The monoisotopic (exact) mass is 229 g/mol. The van der Waals surface area contributed by atoms with E-state index in [-0.39, 0.29) is 0 Å². The minimum Gasteiger partial charge on any atom is -0.303 e.